The maximum absolute atomic E-state index is 13.2. The average Bonchev–Trinajstić information content (AvgIpc) is 3.36. The molecule has 1 saturated carbocycles. The van der Waals surface area contributed by atoms with Crippen LogP contribution in [0.2, 0.25) is 0 Å². The Morgan fingerprint density at radius 1 is 0.970 bits per heavy atom. The van der Waals surface area contributed by atoms with Gasteiger partial charge in [-0.05, 0) is 55.5 Å². The topological polar surface area (TPSA) is 60.2 Å². The summed E-state index contributed by atoms with van der Waals surface area (Å²) in [5.74, 6) is 2.16. The van der Waals surface area contributed by atoms with Crippen LogP contribution in [-0.2, 0) is 17.9 Å². The van der Waals surface area contributed by atoms with E-state index in [1.807, 2.05) is 18.2 Å². The Labute approximate surface area is 196 Å². The van der Waals surface area contributed by atoms with Crippen molar-refractivity contribution in [2.24, 2.45) is 11.3 Å². The van der Waals surface area contributed by atoms with Gasteiger partial charge in [0.25, 0.3) is 0 Å². The minimum Gasteiger partial charge on any atom is -0.462 e. The van der Waals surface area contributed by atoms with Gasteiger partial charge in [-0.2, -0.15) is 0 Å². The Morgan fingerprint density at radius 3 is 2.39 bits per heavy atom. The Morgan fingerprint density at radius 2 is 1.70 bits per heavy atom. The van der Waals surface area contributed by atoms with Gasteiger partial charge in [0, 0.05) is 38.6 Å². The van der Waals surface area contributed by atoms with Crippen LogP contribution in [0.25, 0.3) is 6.08 Å². The minimum atomic E-state index is -0.0500. The van der Waals surface area contributed by atoms with Gasteiger partial charge in [0.05, 0.1) is 6.54 Å². The van der Waals surface area contributed by atoms with E-state index in [2.05, 4.69) is 51.1 Å². The summed E-state index contributed by atoms with van der Waals surface area (Å²) in [6.45, 7) is 7.32. The molecule has 1 aliphatic carbocycles. The lowest BCUT2D eigenvalue weighted by Gasteiger charge is -2.36. The third-order valence-corrected chi connectivity index (χ3v) is 7.75. The van der Waals surface area contributed by atoms with Gasteiger partial charge >= 0.3 is 0 Å². The maximum atomic E-state index is 13.2. The van der Waals surface area contributed by atoms with Crippen LogP contribution >= 0.6 is 0 Å². The van der Waals surface area contributed by atoms with Crippen molar-refractivity contribution >= 4 is 12.0 Å². The second-order valence-electron chi connectivity index (χ2n) is 9.86. The van der Waals surface area contributed by atoms with Crippen LogP contribution in [-0.4, -0.2) is 71.5 Å². The van der Waals surface area contributed by atoms with Gasteiger partial charge in [0.1, 0.15) is 18.1 Å². The van der Waals surface area contributed by atoms with Crippen LogP contribution in [0.1, 0.15) is 36.3 Å². The number of aliphatic hydroxyl groups is 1. The zero-order valence-corrected chi connectivity index (χ0v) is 19.4. The van der Waals surface area contributed by atoms with Crippen LogP contribution in [0.4, 0.5) is 0 Å². The minimum absolute atomic E-state index is 0.0500. The molecule has 2 aliphatic heterocycles. The highest BCUT2D eigenvalue weighted by Gasteiger charge is 2.59. The van der Waals surface area contributed by atoms with Crippen molar-refractivity contribution in [1.82, 2.24) is 14.7 Å². The summed E-state index contributed by atoms with van der Waals surface area (Å²) in [5, 5.41) is 9.17. The molecule has 3 fully saturated rings. The number of aliphatic hydroxyl groups excluding tert-OH is 1. The summed E-state index contributed by atoms with van der Waals surface area (Å²) in [7, 11) is 0. The fraction of sp³-hybridized carbons (Fsp3) is 0.519. The number of amides is 1. The Balaban J connectivity index is 1.04. The van der Waals surface area contributed by atoms with Crippen LogP contribution in [0.5, 0.6) is 0 Å². The number of hydrogen-bond donors (Lipinski definition) is 1. The summed E-state index contributed by atoms with van der Waals surface area (Å²) in [5.41, 5.74) is 1.47. The summed E-state index contributed by atoms with van der Waals surface area (Å²) in [4.78, 5) is 20.1. The van der Waals surface area contributed by atoms with Gasteiger partial charge in [0.15, 0.2) is 0 Å². The third kappa shape index (κ3) is 5.24. The quantitative estimate of drug-likeness (QED) is 0.703. The maximum Gasteiger partial charge on any atom is 0.226 e. The van der Waals surface area contributed by atoms with Gasteiger partial charge in [-0.1, -0.05) is 42.5 Å². The van der Waals surface area contributed by atoms with Crippen molar-refractivity contribution in [1.29, 1.82) is 0 Å². The molecule has 1 spiro atoms. The van der Waals surface area contributed by atoms with E-state index in [1.165, 1.54) is 5.56 Å². The van der Waals surface area contributed by atoms with E-state index in [0.29, 0.717) is 11.7 Å². The molecular formula is C27H35N3O3. The molecule has 1 aromatic heterocycles. The van der Waals surface area contributed by atoms with E-state index in [4.69, 9.17) is 9.52 Å². The lowest BCUT2D eigenvalue weighted by Crippen LogP contribution is -2.49. The molecule has 3 heterocycles. The summed E-state index contributed by atoms with van der Waals surface area (Å²) in [6, 6.07) is 14.2. The summed E-state index contributed by atoms with van der Waals surface area (Å²) in [6.07, 6.45) is 7.66. The largest absolute Gasteiger partial charge is 0.462 e. The van der Waals surface area contributed by atoms with Gasteiger partial charge in [-0.3, -0.25) is 14.6 Å². The first-order valence-corrected chi connectivity index (χ1v) is 12.3. The lowest BCUT2D eigenvalue weighted by molar-refractivity contribution is -0.135. The normalized spacial score (nSPS) is 23.4. The molecule has 1 aromatic carbocycles. The van der Waals surface area contributed by atoms with Crippen molar-refractivity contribution in [2.45, 2.75) is 32.4 Å². The number of hydrogen-bond acceptors (Lipinski definition) is 5. The molecule has 5 rings (SSSR count). The average molecular weight is 450 g/mol. The number of likely N-dealkylation sites (tertiary alicyclic amines) is 1. The van der Waals surface area contributed by atoms with Gasteiger partial charge in [0.2, 0.25) is 5.91 Å². The first-order valence-electron chi connectivity index (χ1n) is 12.3. The van der Waals surface area contributed by atoms with Crippen molar-refractivity contribution in [3.8, 4) is 0 Å². The van der Waals surface area contributed by atoms with Crippen LogP contribution in [0.3, 0.4) is 0 Å². The zero-order chi connectivity index (χ0) is 22.7. The van der Waals surface area contributed by atoms with Crippen molar-refractivity contribution in [3.63, 3.8) is 0 Å². The Bertz CT molecular complexity index is 954. The number of carbonyl (C=O) groups excluding carboxylic acids is 1. The van der Waals surface area contributed by atoms with Crippen LogP contribution in [0, 0.1) is 11.3 Å². The fourth-order valence-corrected chi connectivity index (χ4v) is 5.49. The van der Waals surface area contributed by atoms with Crippen molar-refractivity contribution in [2.75, 3.05) is 45.8 Å². The molecular weight excluding hydrogens is 414 g/mol. The van der Waals surface area contributed by atoms with E-state index in [1.54, 1.807) is 0 Å². The second-order valence-corrected chi connectivity index (χ2v) is 9.86. The zero-order valence-electron chi connectivity index (χ0n) is 19.4. The first kappa shape index (κ1) is 22.4. The summed E-state index contributed by atoms with van der Waals surface area (Å²) < 4.78 is 5.64. The molecule has 0 radical (unpaired) electrons. The molecule has 1 atom stereocenters. The molecule has 2 saturated heterocycles. The lowest BCUT2D eigenvalue weighted by atomic mass is 9.90. The van der Waals surface area contributed by atoms with E-state index >= 15 is 0 Å². The standard InChI is InChI=1S/C27H35N3O3/c31-21-24-9-8-23(33-24)20-29-13-10-27(11-14-29)19-25(27)26(32)30-17-15-28(16-18-30)12-4-7-22-5-2-1-3-6-22/h1-9,25,31H,10-21H2/b7-4+/t25-/m0/s1. The molecule has 2 aromatic rings. The molecule has 6 heteroatoms. The number of piperazine rings is 1. The monoisotopic (exact) mass is 449 g/mol. The fourth-order valence-electron chi connectivity index (χ4n) is 5.49. The molecule has 0 bridgehead atoms. The first-order chi connectivity index (χ1) is 16.1. The van der Waals surface area contributed by atoms with E-state index in [0.717, 1.165) is 77.4 Å². The number of rotatable bonds is 7. The number of benzene rings is 1. The molecule has 6 nitrogen and oxygen atoms in total. The van der Waals surface area contributed by atoms with E-state index < -0.39 is 0 Å². The van der Waals surface area contributed by atoms with Crippen LogP contribution < -0.4 is 0 Å². The predicted octanol–water partition coefficient (Wildman–Crippen LogP) is 3.23. The highest BCUT2D eigenvalue weighted by atomic mass is 16.4. The highest BCUT2D eigenvalue weighted by Crippen LogP contribution is 2.60. The second kappa shape index (κ2) is 9.84. The molecule has 1 N–H and O–H groups in total. The molecule has 33 heavy (non-hydrogen) atoms. The SMILES string of the molecule is O=C([C@@H]1CC12CCN(Cc1ccc(CO)o1)CC2)N1CCN(C/C=C/c2ccccc2)CC1. The molecule has 3 aliphatic rings. The summed E-state index contributed by atoms with van der Waals surface area (Å²) >= 11 is 0. The number of carbonyl (C=O) groups is 1. The third-order valence-electron chi connectivity index (χ3n) is 7.75. The Kier molecular flexibility index (Phi) is 6.67. The van der Waals surface area contributed by atoms with Gasteiger partial charge in [-0.15, -0.1) is 0 Å². The Hall–Kier alpha value is -2.41. The number of nitrogens with zero attached hydrogens (tertiary/aromatic N) is 3. The van der Waals surface area contributed by atoms with E-state index in [-0.39, 0.29) is 17.9 Å². The number of furan rings is 1. The van der Waals surface area contributed by atoms with E-state index in [9.17, 15) is 4.79 Å². The molecule has 1 amide bonds. The molecule has 176 valence electrons. The van der Waals surface area contributed by atoms with Gasteiger partial charge < -0.3 is 14.4 Å². The van der Waals surface area contributed by atoms with Crippen molar-refractivity contribution in [3.05, 3.63) is 65.6 Å². The van der Waals surface area contributed by atoms with Gasteiger partial charge in [-0.25, -0.2) is 0 Å². The smallest absolute Gasteiger partial charge is 0.226 e. The number of piperidine rings is 1. The predicted molar refractivity (Wildman–Crippen MR) is 128 cm³/mol. The highest BCUT2D eigenvalue weighted by molar-refractivity contribution is 5.83. The van der Waals surface area contributed by atoms with Crippen LogP contribution in [0.15, 0.2) is 53.0 Å². The van der Waals surface area contributed by atoms with Crippen molar-refractivity contribution < 1.29 is 14.3 Å². The molecule has 0 unspecified atom stereocenters.